The molecule has 0 atom stereocenters. The number of aromatic nitrogens is 3. The molecule has 0 radical (unpaired) electrons. The number of carbonyl (C=O) groups excluding carboxylic acids is 1. The van der Waals surface area contributed by atoms with E-state index in [-0.39, 0.29) is 11.7 Å². The van der Waals surface area contributed by atoms with Gasteiger partial charge in [0.25, 0.3) is 5.91 Å². The Hall–Kier alpha value is -3.41. The van der Waals surface area contributed by atoms with Gasteiger partial charge in [-0.3, -0.25) is 4.79 Å². The van der Waals surface area contributed by atoms with Crippen LogP contribution in [0.4, 0.5) is 4.39 Å². The summed E-state index contributed by atoms with van der Waals surface area (Å²) in [5, 5.41) is 2.93. The average molecular weight is 348 g/mol. The molecule has 0 saturated heterocycles. The summed E-state index contributed by atoms with van der Waals surface area (Å²) in [7, 11) is 0. The van der Waals surface area contributed by atoms with Gasteiger partial charge in [-0.2, -0.15) is 0 Å². The van der Waals surface area contributed by atoms with Crippen LogP contribution in [0.3, 0.4) is 0 Å². The summed E-state index contributed by atoms with van der Waals surface area (Å²) in [5.41, 5.74) is 4.04. The van der Waals surface area contributed by atoms with Gasteiger partial charge in [-0.05, 0) is 29.8 Å². The third-order valence-electron chi connectivity index (χ3n) is 4.31. The highest BCUT2D eigenvalue weighted by atomic mass is 19.1. The van der Waals surface area contributed by atoms with Crippen LogP contribution in [0.2, 0.25) is 0 Å². The lowest BCUT2D eigenvalue weighted by Crippen LogP contribution is -2.27. The van der Waals surface area contributed by atoms with Crippen LogP contribution in [0, 0.1) is 5.82 Å². The van der Waals surface area contributed by atoms with Crippen molar-refractivity contribution in [1.29, 1.82) is 0 Å². The minimum absolute atomic E-state index is 0.171. The maximum atomic E-state index is 13.1. The molecule has 0 aliphatic rings. The predicted octanol–water partition coefficient (Wildman–Crippen LogP) is 3.60. The number of nitrogens with one attached hydrogen (secondary N) is 2. The van der Waals surface area contributed by atoms with Crippen LogP contribution in [0.15, 0.2) is 67.3 Å². The Morgan fingerprint density at radius 1 is 1.12 bits per heavy atom. The molecular weight excluding hydrogens is 331 g/mol. The SMILES string of the molecule is O=C(NCCn1cnc2ccccc21)c1c[nH]cc1-c1ccc(F)cc1. The van der Waals surface area contributed by atoms with E-state index in [2.05, 4.69) is 15.3 Å². The van der Waals surface area contributed by atoms with Gasteiger partial charge in [-0.1, -0.05) is 24.3 Å². The minimum atomic E-state index is -0.303. The number of halogens is 1. The summed E-state index contributed by atoms with van der Waals surface area (Å²) < 4.78 is 15.1. The minimum Gasteiger partial charge on any atom is -0.366 e. The number of H-pyrrole nitrogens is 1. The third-order valence-corrected chi connectivity index (χ3v) is 4.31. The second-order valence-corrected chi connectivity index (χ2v) is 5.97. The van der Waals surface area contributed by atoms with Gasteiger partial charge in [0.2, 0.25) is 0 Å². The van der Waals surface area contributed by atoms with Gasteiger partial charge >= 0.3 is 0 Å². The van der Waals surface area contributed by atoms with E-state index in [1.165, 1.54) is 12.1 Å². The fourth-order valence-corrected chi connectivity index (χ4v) is 2.99. The maximum absolute atomic E-state index is 13.1. The van der Waals surface area contributed by atoms with Crippen molar-refractivity contribution in [3.8, 4) is 11.1 Å². The molecule has 2 heterocycles. The Morgan fingerprint density at radius 3 is 2.77 bits per heavy atom. The number of hydrogen-bond acceptors (Lipinski definition) is 2. The number of hydrogen-bond donors (Lipinski definition) is 2. The summed E-state index contributed by atoms with van der Waals surface area (Å²) in [6, 6.07) is 14.0. The number of fused-ring (bicyclic) bond motifs is 1. The van der Waals surface area contributed by atoms with Crippen molar-refractivity contribution in [1.82, 2.24) is 19.9 Å². The molecule has 2 aromatic carbocycles. The van der Waals surface area contributed by atoms with Crippen molar-refractivity contribution in [2.45, 2.75) is 6.54 Å². The van der Waals surface area contributed by atoms with Crippen LogP contribution >= 0.6 is 0 Å². The molecule has 5 nitrogen and oxygen atoms in total. The summed E-state index contributed by atoms with van der Waals surface area (Å²) in [4.78, 5) is 19.8. The Bertz CT molecular complexity index is 1050. The number of carbonyl (C=O) groups is 1. The fourth-order valence-electron chi connectivity index (χ4n) is 2.99. The van der Waals surface area contributed by atoms with Gasteiger partial charge in [0.1, 0.15) is 5.82 Å². The van der Waals surface area contributed by atoms with Crippen LogP contribution in [0.1, 0.15) is 10.4 Å². The van der Waals surface area contributed by atoms with Crippen molar-refractivity contribution in [2.75, 3.05) is 6.54 Å². The molecule has 0 bridgehead atoms. The van der Waals surface area contributed by atoms with Gasteiger partial charge in [0, 0.05) is 31.0 Å². The van der Waals surface area contributed by atoms with E-state index < -0.39 is 0 Å². The molecule has 130 valence electrons. The van der Waals surface area contributed by atoms with E-state index in [1.54, 1.807) is 30.9 Å². The highest BCUT2D eigenvalue weighted by molar-refractivity contribution is 6.00. The number of imidazole rings is 1. The molecule has 0 aliphatic heterocycles. The molecule has 4 aromatic rings. The number of nitrogens with zero attached hydrogens (tertiary/aromatic N) is 2. The summed E-state index contributed by atoms with van der Waals surface area (Å²) >= 11 is 0. The number of amides is 1. The molecule has 4 rings (SSSR count). The maximum Gasteiger partial charge on any atom is 0.253 e. The number of rotatable bonds is 5. The molecule has 6 heteroatoms. The largest absolute Gasteiger partial charge is 0.366 e. The summed E-state index contributed by atoms with van der Waals surface area (Å²) in [5.74, 6) is -0.474. The van der Waals surface area contributed by atoms with Gasteiger partial charge in [0.15, 0.2) is 0 Å². The second kappa shape index (κ2) is 6.84. The summed E-state index contributed by atoms with van der Waals surface area (Å²) in [6.45, 7) is 1.11. The molecule has 0 fully saturated rings. The van der Waals surface area contributed by atoms with Crippen molar-refractivity contribution in [3.63, 3.8) is 0 Å². The average Bonchev–Trinajstić information content (AvgIpc) is 3.30. The van der Waals surface area contributed by atoms with Crippen molar-refractivity contribution in [3.05, 3.63) is 78.6 Å². The smallest absolute Gasteiger partial charge is 0.253 e. The van der Waals surface area contributed by atoms with Gasteiger partial charge in [0.05, 0.1) is 22.9 Å². The molecule has 0 saturated carbocycles. The molecule has 2 aromatic heterocycles. The van der Waals surface area contributed by atoms with Crippen molar-refractivity contribution >= 4 is 16.9 Å². The van der Waals surface area contributed by atoms with Gasteiger partial charge < -0.3 is 14.9 Å². The number of para-hydroxylation sites is 2. The first-order chi connectivity index (χ1) is 12.7. The van der Waals surface area contributed by atoms with Crippen molar-refractivity contribution in [2.24, 2.45) is 0 Å². The highest BCUT2D eigenvalue weighted by Crippen LogP contribution is 2.23. The first-order valence-electron chi connectivity index (χ1n) is 8.33. The topological polar surface area (TPSA) is 62.7 Å². The van der Waals surface area contributed by atoms with Crippen LogP contribution in [-0.2, 0) is 6.54 Å². The molecule has 2 N–H and O–H groups in total. The lowest BCUT2D eigenvalue weighted by atomic mass is 10.0. The Labute approximate surface area is 149 Å². The zero-order valence-corrected chi connectivity index (χ0v) is 13.9. The molecule has 26 heavy (non-hydrogen) atoms. The lowest BCUT2D eigenvalue weighted by molar-refractivity contribution is 0.0953. The van der Waals surface area contributed by atoms with E-state index in [4.69, 9.17) is 0 Å². The molecule has 0 spiro atoms. The monoisotopic (exact) mass is 348 g/mol. The quantitative estimate of drug-likeness (QED) is 0.579. The predicted molar refractivity (Wildman–Crippen MR) is 98.3 cm³/mol. The van der Waals surface area contributed by atoms with Gasteiger partial charge in [-0.25, -0.2) is 9.37 Å². The molecule has 1 amide bonds. The zero-order chi connectivity index (χ0) is 17.9. The first-order valence-corrected chi connectivity index (χ1v) is 8.33. The molecule has 0 aliphatic carbocycles. The fraction of sp³-hybridized carbons (Fsp3) is 0.100. The van der Waals surface area contributed by atoms with Crippen LogP contribution in [-0.4, -0.2) is 27.0 Å². The lowest BCUT2D eigenvalue weighted by Gasteiger charge is -2.08. The second-order valence-electron chi connectivity index (χ2n) is 5.97. The van der Waals surface area contributed by atoms with Crippen LogP contribution < -0.4 is 5.32 Å². The Balaban J connectivity index is 1.44. The van der Waals surface area contributed by atoms with E-state index in [0.717, 1.165) is 22.2 Å². The van der Waals surface area contributed by atoms with E-state index in [1.807, 2.05) is 28.8 Å². The summed E-state index contributed by atoms with van der Waals surface area (Å²) in [6.07, 6.45) is 5.17. The number of aromatic amines is 1. The van der Waals surface area contributed by atoms with E-state index >= 15 is 0 Å². The van der Waals surface area contributed by atoms with Crippen LogP contribution in [0.5, 0.6) is 0 Å². The highest BCUT2D eigenvalue weighted by Gasteiger charge is 2.14. The normalized spacial score (nSPS) is 11.0. The first kappa shape index (κ1) is 16.1. The third kappa shape index (κ3) is 3.09. The number of benzene rings is 2. The van der Waals surface area contributed by atoms with Crippen molar-refractivity contribution < 1.29 is 9.18 Å². The molecular formula is C20H17FN4O. The van der Waals surface area contributed by atoms with E-state index in [9.17, 15) is 9.18 Å². The Morgan fingerprint density at radius 2 is 1.92 bits per heavy atom. The Kier molecular flexibility index (Phi) is 4.23. The van der Waals surface area contributed by atoms with Crippen LogP contribution in [0.25, 0.3) is 22.2 Å². The standard InChI is InChI=1S/C20H17FN4O/c21-15-7-5-14(6-8-15)16-11-22-12-17(16)20(26)23-9-10-25-13-24-18-3-1-2-4-19(18)25/h1-8,11-13,22H,9-10H2,(H,23,26). The van der Waals surface area contributed by atoms with Gasteiger partial charge in [-0.15, -0.1) is 0 Å². The zero-order valence-electron chi connectivity index (χ0n) is 13.9. The molecule has 0 unspecified atom stereocenters. The van der Waals surface area contributed by atoms with E-state index in [0.29, 0.717) is 18.7 Å².